The average Bonchev–Trinajstić information content (AvgIpc) is 3.45. The largest absolute Gasteiger partial charge is 0.332 e. The van der Waals surface area contributed by atoms with Crippen molar-refractivity contribution < 1.29 is 4.79 Å². The summed E-state index contributed by atoms with van der Waals surface area (Å²) in [5.41, 5.74) is 3.46. The van der Waals surface area contributed by atoms with Gasteiger partial charge in [-0.2, -0.15) is 18.4 Å². The van der Waals surface area contributed by atoms with E-state index in [1.54, 1.807) is 22.7 Å². The maximum atomic E-state index is 12.6. The van der Waals surface area contributed by atoms with Gasteiger partial charge >= 0.3 is 0 Å². The number of amides is 1. The molecule has 0 aliphatic carbocycles. The Labute approximate surface area is 183 Å². The van der Waals surface area contributed by atoms with Crippen LogP contribution in [0.15, 0.2) is 42.5 Å². The number of carbonyl (C=O) groups excluding carboxylic acids is 1. The zero-order chi connectivity index (χ0) is 20.7. The summed E-state index contributed by atoms with van der Waals surface area (Å²) in [5, 5.41) is 19.4. The highest BCUT2D eigenvalue weighted by atomic mass is 32.1. The molecule has 0 saturated carbocycles. The molecule has 1 amide bonds. The van der Waals surface area contributed by atoms with Gasteiger partial charge in [0.05, 0.1) is 17.4 Å². The van der Waals surface area contributed by atoms with E-state index >= 15 is 0 Å². The Kier molecular flexibility index (Phi) is 4.65. The van der Waals surface area contributed by atoms with Gasteiger partial charge in [0.15, 0.2) is 10.9 Å². The van der Waals surface area contributed by atoms with E-state index < -0.39 is 0 Å². The van der Waals surface area contributed by atoms with Crippen molar-refractivity contribution in [3.8, 4) is 10.6 Å². The fraction of sp³-hybridized carbons (Fsp3) is 0.0556. The summed E-state index contributed by atoms with van der Waals surface area (Å²) in [6.07, 6.45) is 0. The molecule has 0 atom stereocenters. The molecule has 0 fully saturated rings. The third-order valence-electron chi connectivity index (χ3n) is 4.30. The molecule has 3 aromatic heterocycles. The van der Waals surface area contributed by atoms with Gasteiger partial charge in [-0.25, -0.2) is 0 Å². The zero-order valence-corrected chi connectivity index (χ0v) is 17.8. The molecule has 0 spiro atoms. The maximum Gasteiger partial charge on any atom is 0.257 e. The summed E-state index contributed by atoms with van der Waals surface area (Å²) >= 11 is 7.88. The molecule has 30 heavy (non-hydrogen) atoms. The molecular weight excluding hydrogens is 440 g/mol. The van der Waals surface area contributed by atoms with Crippen molar-refractivity contribution in [2.75, 3.05) is 5.32 Å². The predicted molar refractivity (Wildman–Crippen MR) is 120 cm³/mol. The second-order valence-corrected chi connectivity index (χ2v) is 8.16. The fourth-order valence-electron chi connectivity index (χ4n) is 2.85. The number of fused-ring (bicyclic) bond motifs is 2. The molecule has 5 aromatic rings. The van der Waals surface area contributed by atoms with Crippen molar-refractivity contribution in [2.45, 2.75) is 6.92 Å². The van der Waals surface area contributed by atoms with Crippen LogP contribution in [0.5, 0.6) is 0 Å². The SMILES string of the molecule is Cc1nnc2sc(-c3ccccc3NC(=S)NC(=O)c3ccc4nsnc4c3)nn12. The summed E-state index contributed by atoms with van der Waals surface area (Å²) in [5.74, 6) is 0.391. The van der Waals surface area contributed by atoms with Crippen LogP contribution in [0.25, 0.3) is 26.6 Å². The molecule has 0 aliphatic heterocycles. The number of nitrogens with one attached hydrogen (secondary N) is 2. The van der Waals surface area contributed by atoms with Crippen molar-refractivity contribution in [1.29, 1.82) is 0 Å². The predicted octanol–water partition coefficient (Wildman–Crippen LogP) is 3.29. The summed E-state index contributed by atoms with van der Waals surface area (Å²) in [6, 6.07) is 12.7. The molecule has 0 unspecified atom stereocenters. The lowest BCUT2D eigenvalue weighted by molar-refractivity contribution is 0.0978. The Morgan fingerprint density at radius 3 is 2.80 bits per heavy atom. The van der Waals surface area contributed by atoms with Crippen LogP contribution < -0.4 is 10.6 Å². The monoisotopic (exact) mass is 452 g/mol. The maximum absolute atomic E-state index is 12.6. The van der Waals surface area contributed by atoms with Gasteiger partial charge in [0.2, 0.25) is 4.96 Å². The minimum absolute atomic E-state index is 0.183. The molecule has 2 aromatic carbocycles. The lowest BCUT2D eigenvalue weighted by atomic mass is 10.2. The number of carbonyl (C=O) groups is 1. The van der Waals surface area contributed by atoms with E-state index in [0.717, 1.165) is 33.5 Å². The van der Waals surface area contributed by atoms with Crippen LogP contribution in [0.4, 0.5) is 5.69 Å². The normalized spacial score (nSPS) is 11.1. The summed E-state index contributed by atoms with van der Waals surface area (Å²) in [7, 11) is 0. The minimum Gasteiger partial charge on any atom is -0.332 e. The molecule has 0 aliphatic rings. The van der Waals surface area contributed by atoms with E-state index in [1.165, 1.54) is 11.3 Å². The highest BCUT2D eigenvalue weighted by molar-refractivity contribution is 7.80. The Bertz CT molecular complexity index is 1420. The highest BCUT2D eigenvalue weighted by Gasteiger charge is 2.15. The molecule has 5 rings (SSSR count). The number of anilines is 1. The van der Waals surface area contributed by atoms with E-state index in [9.17, 15) is 4.79 Å². The van der Waals surface area contributed by atoms with Crippen LogP contribution in [-0.4, -0.2) is 39.6 Å². The number of para-hydroxylation sites is 1. The number of rotatable bonds is 3. The molecule has 12 heteroatoms. The Morgan fingerprint density at radius 1 is 1.10 bits per heavy atom. The third kappa shape index (κ3) is 3.40. The molecule has 0 bridgehead atoms. The van der Waals surface area contributed by atoms with E-state index in [-0.39, 0.29) is 11.0 Å². The molecule has 2 N–H and O–H groups in total. The molecule has 9 nitrogen and oxygen atoms in total. The topological polar surface area (TPSA) is 110 Å². The number of aromatic nitrogens is 6. The van der Waals surface area contributed by atoms with Crippen molar-refractivity contribution in [3.63, 3.8) is 0 Å². The number of benzene rings is 2. The van der Waals surface area contributed by atoms with Gasteiger partial charge in [-0.3, -0.25) is 10.1 Å². The van der Waals surface area contributed by atoms with Gasteiger partial charge in [-0.05, 0) is 49.5 Å². The van der Waals surface area contributed by atoms with Gasteiger partial charge in [0.25, 0.3) is 5.91 Å². The third-order valence-corrected chi connectivity index (χ3v) is 5.99. The molecule has 148 valence electrons. The van der Waals surface area contributed by atoms with Crippen molar-refractivity contribution >= 4 is 68.0 Å². The first-order valence-corrected chi connectivity index (χ1v) is 10.7. The summed E-state index contributed by atoms with van der Waals surface area (Å²) in [4.78, 5) is 13.3. The van der Waals surface area contributed by atoms with E-state index in [0.29, 0.717) is 21.9 Å². The van der Waals surface area contributed by atoms with Crippen LogP contribution in [0.2, 0.25) is 0 Å². The first-order valence-electron chi connectivity index (χ1n) is 8.71. The van der Waals surface area contributed by atoms with Gasteiger partial charge in [0.1, 0.15) is 16.0 Å². The van der Waals surface area contributed by atoms with Crippen LogP contribution in [-0.2, 0) is 0 Å². The Hall–Kier alpha value is -3.35. The first-order chi connectivity index (χ1) is 14.6. The molecular formula is C18H12N8OS3. The van der Waals surface area contributed by atoms with E-state index in [4.69, 9.17) is 12.2 Å². The summed E-state index contributed by atoms with van der Waals surface area (Å²) < 4.78 is 9.99. The van der Waals surface area contributed by atoms with E-state index in [1.807, 2.05) is 31.2 Å². The number of aryl methyl sites for hydroxylation is 1. The number of thiocarbonyl (C=S) groups is 1. The van der Waals surface area contributed by atoms with Gasteiger partial charge in [-0.15, -0.1) is 10.2 Å². The Morgan fingerprint density at radius 2 is 1.93 bits per heavy atom. The van der Waals surface area contributed by atoms with Gasteiger partial charge in [-0.1, -0.05) is 23.5 Å². The van der Waals surface area contributed by atoms with E-state index in [2.05, 4.69) is 34.7 Å². The second-order valence-electron chi connectivity index (χ2n) is 6.27. The lowest BCUT2D eigenvalue weighted by Gasteiger charge is -2.12. The van der Waals surface area contributed by atoms with Crippen molar-refractivity contribution in [1.82, 2.24) is 33.9 Å². The van der Waals surface area contributed by atoms with Gasteiger partial charge in [0, 0.05) is 11.1 Å². The lowest BCUT2D eigenvalue weighted by Crippen LogP contribution is -2.34. The first kappa shape index (κ1) is 18.7. The molecule has 0 saturated heterocycles. The number of hydrogen-bond donors (Lipinski definition) is 2. The number of hydrogen-bond acceptors (Lipinski definition) is 9. The van der Waals surface area contributed by atoms with Crippen molar-refractivity contribution in [2.24, 2.45) is 0 Å². The smallest absolute Gasteiger partial charge is 0.257 e. The Balaban J connectivity index is 1.36. The molecule has 0 radical (unpaired) electrons. The van der Waals surface area contributed by atoms with Crippen LogP contribution in [0, 0.1) is 6.92 Å². The second kappa shape index (κ2) is 7.48. The molecule has 3 heterocycles. The van der Waals surface area contributed by atoms with Crippen molar-refractivity contribution in [3.05, 3.63) is 53.9 Å². The highest BCUT2D eigenvalue weighted by Crippen LogP contribution is 2.31. The zero-order valence-electron chi connectivity index (χ0n) is 15.4. The van der Waals surface area contributed by atoms with Crippen LogP contribution in [0.3, 0.4) is 0 Å². The summed E-state index contributed by atoms with van der Waals surface area (Å²) in [6.45, 7) is 1.84. The van der Waals surface area contributed by atoms with Crippen LogP contribution >= 0.6 is 35.3 Å². The average molecular weight is 453 g/mol. The van der Waals surface area contributed by atoms with Crippen LogP contribution in [0.1, 0.15) is 16.2 Å². The minimum atomic E-state index is -0.325. The fourth-order valence-corrected chi connectivity index (χ4v) is 4.50. The number of nitrogens with zero attached hydrogens (tertiary/aromatic N) is 6. The van der Waals surface area contributed by atoms with Gasteiger partial charge < -0.3 is 5.32 Å². The quantitative estimate of drug-likeness (QED) is 0.401. The standard InChI is InChI=1S/C18H12N8OS3/c1-9-21-22-18-26(9)23-16(29-18)11-4-2-3-5-12(11)19-17(28)20-15(27)10-6-7-13-14(8-10)25-30-24-13/h2-8H,1H3,(H2,19,20,27,28).